The minimum atomic E-state index is -4.55. The Kier molecular flexibility index (Phi) is 6.19. The van der Waals surface area contributed by atoms with Gasteiger partial charge in [-0.05, 0) is 89.6 Å². The molecular weight excluding hydrogens is 634 g/mol. The number of fused-ring (bicyclic) bond motifs is 7. The summed E-state index contributed by atoms with van der Waals surface area (Å²) in [6.45, 7) is 0. The Morgan fingerprint density at radius 1 is 0.327 bits per heavy atom. The second-order valence-electron chi connectivity index (χ2n) is 12.2. The number of furan rings is 1. The molecule has 0 spiro atoms. The standard InChI is InChI=1S/C42H22F6O/c43-41(44,45)39-30-13-5-1-9-26(30)37(27-10-2-6-14-31(27)39)23-18-20-35-34(21-23)25-19-17-24(22-36(25)49-35)38-28-11-3-7-15-32(28)40(42(46,47)48)33-16-8-4-12-29(33)38/h1-22H. The van der Waals surface area contributed by atoms with Crippen LogP contribution < -0.4 is 0 Å². The minimum absolute atomic E-state index is 0.119. The Hall–Kier alpha value is -5.82. The summed E-state index contributed by atoms with van der Waals surface area (Å²) in [5, 5.41) is 3.98. The maximum Gasteiger partial charge on any atom is 0.417 e. The predicted octanol–water partition coefficient (Wildman–Crippen LogP) is 13.6. The Balaban J connectivity index is 1.28. The first-order valence-corrected chi connectivity index (χ1v) is 15.6. The van der Waals surface area contributed by atoms with Crippen LogP contribution in [0.3, 0.4) is 0 Å². The molecule has 0 amide bonds. The molecule has 49 heavy (non-hydrogen) atoms. The molecule has 1 aromatic heterocycles. The summed E-state index contributed by atoms with van der Waals surface area (Å²) in [4.78, 5) is 0. The lowest BCUT2D eigenvalue weighted by molar-refractivity contribution is -0.135. The van der Waals surface area contributed by atoms with Crippen molar-refractivity contribution in [3.8, 4) is 22.3 Å². The number of benzene rings is 8. The van der Waals surface area contributed by atoms with Gasteiger partial charge in [0.25, 0.3) is 0 Å². The monoisotopic (exact) mass is 656 g/mol. The van der Waals surface area contributed by atoms with Gasteiger partial charge in [-0.2, -0.15) is 26.3 Å². The van der Waals surface area contributed by atoms with E-state index in [-0.39, 0.29) is 21.5 Å². The van der Waals surface area contributed by atoms with Gasteiger partial charge in [0.1, 0.15) is 11.2 Å². The quantitative estimate of drug-likeness (QED) is 0.133. The molecule has 238 valence electrons. The second-order valence-corrected chi connectivity index (χ2v) is 12.2. The van der Waals surface area contributed by atoms with Gasteiger partial charge in [-0.1, -0.05) is 109 Å². The zero-order valence-corrected chi connectivity index (χ0v) is 25.4. The highest BCUT2D eigenvalue weighted by Gasteiger charge is 2.37. The third kappa shape index (κ3) is 4.42. The van der Waals surface area contributed by atoms with Gasteiger partial charge in [0.05, 0.1) is 11.1 Å². The summed E-state index contributed by atoms with van der Waals surface area (Å²) in [5.74, 6) is 0. The van der Waals surface area contributed by atoms with Crippen LogP contribution in [0.15, 0.2) is 138 Å². The van der Waals surface area contributed by atoms with E-state index in [1.165, 1.54) is 24.3 Å². The SMILES string of the molecule is FC(F)(F)c1c2ccccc2c(-c2ccc3c(c2)oc2ccc(-c4c5ccccc5c(C(F)(F)F)c5ccccc45)cc23)c2ccccc12. The predicted molar refractivity (Wildman–Crippen MR) is 185 cm³/mol. The van der Waals surface area contributed by atoms with E-state index in [9.17, 15) is 26.3 Å². The van der Waals surface area contributed by atoms with Crippen LogP contribution in [0.1, 0.15) is 11.1 Å². The van der Waals surface area contributed by atoms with Crippen molar-refractivity contribution in [2.24, 2.45) is 0 Å². The summed E-state index contributed by atoms with van der Waals surface area (Å²) in [6, 6.07) is 37.5. The first kappa shape index (κ1) is 29.3. The van der Waals surface area contributed by atoms with Crippen LogP contribution in [0.5, 0.6) is 0 Å². The average molecular weight is 657 g/mol. The molecule has 0 N–H and O–H groups in total. The summed E-state index contributed by atoms with van der Waals surface area (Å²) >= 11 is 0. The summed E-state index contributed by atoms with van der Waals surface area (Å²) in [7, 11) is 0. The third-order valence-corrected chi connectivity index (χ3v) is 9.48. The van der Waals surface area contributed by atoms with E-state index in [0.29, 0.717) is 49.4 Å². The Morgan fingerprint density at radius 2 is 0.694 bits per heavy atom. The third-order valence-electron chi connectivity index (χ3n) is 9.48. The molecule has 9 aromatic rings. The van der Waals surface area contributed by atoms with Crippen LogP contribution in [0, 0.1) is 0 Å². The molecule has 0 unspecified atom stereocenters. The molecule has 0 bridgehead atoms. The van der Waals surface area contributed by atoms with Crippen molar-refractivity contribution in [1.82, 2.24) is 0 Å². The van der Waals surface area contributed by atoms with E-state index in [0.717, 1.165) is 16.3 Å². The lowest BCUT2D eigenvalue weighted by atomic mass is 9.87. The molecule has 0 aliphatic rings. The molecule has 1 nitrogen and oxygen atoms in total. The fraction of sp³-hybridized carbons (Fsp3) is 0.0476. The first-order chi connectivity index (χ1) is 23.6. The number of alkyl halides is 6. The number of hydrogen-bond donors (Lipinski definition) is 0. The molecule has 0 atom stereocenters. The van der Waals surface area contributed by atoms with Gasteiger partial charge in [0, 0.05) is 10.8 Å². The van der Waals surface area contributed by atoms with Crippen molar-refractivity contribution in [3.05, 3.63) is 145 Å². The van der Waals surface area contributed by atoms with Gasteiger partial charge in [0.15, 0.2) is 0 Å². The molecule has 0 aliphatic carbocycles. The topological polar surface area (TPSA) is 13.1 Å². The van der Waals surface area contributed by atoms with Crippen LogP contribution in [-0.2, 0) is 12.4 Å². The van der Waals surface area contributed by atoms with E-state index in [1.807, 2.05) is 36.4 Å². The molecule has 9 rings (SSSR count). The van der Waals surface area contributed by atoms with E-state index in [2.05, 4.69) is 0 Å². The van der Waals surface area contributed by atoms with E-state index in [1.54, 1.807) is 72.8 Å². The molecule has 8 aromatic carbocycles. The largest absolute Gasteiger partial charge is 0.456 e. The second kappa shape index (κ2) is 10.3. The molecule has 0 saturated carbocycles. The molecule has 0 fully saturated rings. The van der Waals surface area contributed by atoms with Crippen molar-refractivity contribution in [2.45, 2.75) is 12.4 Å². The summed E-state index contributed by atoms with van der Waals surface area (Å²) in [5.41, 5.74) is 2.60. The van der Waals surface area contributed by atoms with Crippen molar-refractivity contribution in [1.29, 1.82) is 0 Å². The zero-order valence-electron chi connectivity index (χ0n) is 25.4. The Morgan fingerprint density at radius 3 is 1.10 bits per heavy atom. The van der Waals surface area contributed by atoms with Crippen molar-refractivity contribution < 1.29 is 30.8 Å². The maximum absolute atomic E-state index is 14.5. The van der Waals surface area contributed by atoms with Crippen LogP contribution in [0.4, 0.5) is 26.3 Å². The van der Waals surface area contributed by atoms with Gasteiger partial charge in [-0.15, -0.1) is 0 Å². The molecule has 0 radical (unpaired) electrons. The fourth-order valence-corrected chi connectivity index (χ4v) is 7.58. The van der Waals surface area contributed by atoms with E-state index >= 15 is 0 Å². The number of halogens is 6. The lowest BCUT2D eigenvalue weighted by Crippen LogP contribution is -2.07. The highest BCUT2D eigenvalue weighted by molar-refractivity contribution is 6.19. The highest BCUT2D eigenvalue weighted by Crippen LogP contribution is 2.48. The van der Waals surface area contributed by atoms with Crippen molar-refractivity contribution >= 4 is 65.0 Å². The van der Waals surface area contributed by atoms with Gasteiger partial charge in [0.2, 0.25) is 0 Å². The minimum Gasteiger partial charge on any atom is -0.456 e. The molecule has 0 saturated heterocycles. The van der Waals surface area contributed by atoms with E-state index < -0.39 is 23.5 Å². The van der Waals surface area contributed by atoms with Crippen LogP contribution in [-0.4, -0.2) is 0 Å². The lowest BCUT2D eigenvalue weighted by Gasteiger charge is -2.19. The summed E-state index contributed by atoms with van der Waals surface area (Å²) in [6.07, 6.45) is -9.11. The Bertz CT molecular complexity index is 2690. The number of rotatable bonds is 2. The summed E-state index contributed by atoms with van der Waals surface area (Å²) < 4.78 is 93.0. The number of hydrogen-bond acceptors (Lipinski definition) is 1. The molecule has 1 heterocycles. The first-order valence-electron chi connectivity index (χ1n) is 15.6. The molecule has 0 aliphatic heterocycles. The van der Waals surface area contributed by atoms with Crippen LogP contribution >= 0.6 is 0 Å². The van der Waals surface area contributed by atoms with Crippen molar-refractivity contribution in [3.63, 3.8) is 0 Å². The Labute approximate surface area is 274 Å². The van der Waals surface area contributed by atoms with Crippen LogP contribution in [0.2, 0.25) is 0 Å². The van der Waals surface area contributed by atoms with Gasteiger partial charge >= 0.3 is 12.4 Å². The van der Waals surface area contributed by atoms with Crippen LogP contribution in [0.25, 0.3) is 87.3 Å². The van der Waals surface area contributed by atoms with Crippen molar-refractivity contribution in [2.75, 3.05) is 0 Å². The molecular formula is C42H22F6O. The van der Waals surface area contributed by atoms with Gasteiger partial charge < -0.3 is 4.42 Å². The molecule has 7 heteroatoms. The fourth-order valence-electron chi connectivity index (χ4n) is 7.58. The van der Waals surface area contributed by atoms with E-state index in [4.69, 9.17) is 4.42 Å². The van der Waals surface area contributed by atoms with Gasteiger partial charge in [-0.3, -0.25) is 0 Å². The zero-order chi connectivity index (χ0) is 33.7. The highest BCUT2D eigenvalue weighted by atomic mass is 19.4. The smallest absolute Gasteiger partial charge is 0.417 e. The average Bonchev–Trinajstić information content (AvgIpc) is 3.45. The van der Waals surface area contributed by atoms with Gasteiger partial charge in [-0.25, -0.2) is 0 Å². The normalized spacial score (nSPS) is 12.7. The maximum atomic E-state index is 14.5.